The Bertz CT molecular complexity index is 403. The molecule has 0 atom stereocenters. The van der Waals surface area contributed by atoms with Crippen LogP contribution in [0, 0.1) is 5.92 Å². The number of nitrogens with one attached hydrogen (secondary N) is 1. The summed E-state index contributed by atoms with van der Waals surface area (Å²) in [6.45, 7) is 0.784. The Balaban J connectivity index is 1.83. The van der Waals surface area contributed by atoms with E-state index in [1.54, 1.807) is 6.20 Å². The zero-order valence-corrected chi connectivity index (χ0v) is 11.6. The molecule has 0 unspecified atom stereocenters. The fourth-order valence-corrected chi connectivity index (χ4v) is 3.06. The van der Waals surface area contributed by atoms with Crippen molar-refractivity contribution in [2.45, 2.75) is 37.1 Å². The molecule has 0 saturated heterocycles. The number of carbonyl (C=O) groups excluding carboxylic acids is 1. The zero-order chi connectivity index (χ0) is 12.8. The highest BCUT2D eigenvalue weighted by atomic mass is 32.2. The van der Waals surface area contributed by atoms with Gasteiger partial charge in [-0.1, -0.05) is 25.7 Å². The molecule has 1 N–H and O–H groups in total. The fraction of sp³-hybridized carbons (Fsp3) is 0.571. The molecule has 0 spiro atoms. The molecule has 0 aliphatic heterocycles. The predicted octanol–water partition coefficient (Wildman–Crippen LogP) is 3.11. The third-order valence-corrected chi connectivity index (χ3v) is 4.23. The molecule has 98 valence electrons. The third kappa shape index (κ3) is 3.48. The van der Waals surface area contributed by atoms with Crippen LogP contribution in [0.15, 0.2) is 23.4 Å². The number of rotatable bonds is 5. The summed E-state index contributed by atoms with van der Waals surface area (Å²) in [6.07, 6.45) is 10.2. The average molecular weight is 264 g/mol. The van der Waals surface area contributed by atoms with E-state index in [1.807, 2.05) is 18.4 Å². The summed E-state index contributed by atoms with van der Waals surface area (Å²) in [6, 6.07) is 3.65. The number of pyridine rings is 1. The van der Waals surface area contributed by atoms with Crippen LogP contribution in [0.1, 0.15) is 42.5 Å². The second-order valence-corrected chi connectivity index (χ2v) is 5.55. The number of aromatic nitrogens is 1. The fourth-order valence-electron chi connectivity index (χ4n) is 2.51. The SMILES string of the molecule is CSc1ncccc1C(=O)NCCC1CCCC1. The van der Waals surface area contributed by atoms with Gasteiger partial charge in [0.05, 0.1) is 5.56 Å². The Morgan fingerprint density at radius 2 is 2.28 bits per heavy atom. The minimum atomic E-state index is 0.00504. The molecule has 1 aromatic rings. The van der Waals surface area contributed by atoms with E-state index in [0.717, 1.165) is 23.9 Å². The van der Waals surface area contributed by atoms with E-state index in [-0.39, 0.29) is 5.91 Å². The minimum Gasteiger partial charge on any atom is -0.352 e. The lowest BCUT2D eigenvalue weighted by atomic mass is 10.0. The number of amides is 1. The summed E-state index contributed by atoms with van der Waals surface area (Å²) in [5.74, 6) is 0.824. The highest BCUT2D eigenvalue weighted by Gasteiger charge is 2.16. The second kappa shape index (κ2) is 6.78. The van der Waals surface area contributed by atoms with E-state index in [0.29, 0.717) is 5.56 Å². The van der Waals surface area contributed by atoms with Crippen molar-refractivity contribution in [3.8, 4) is 0 Å². The Labute approximate surface area is 113 Å². The number of nitrogens with zero attached hydrogens (tertiary/aromatic N) is 1. The van der Waals surface area contributed by atoms with Gasteiger partial charge in [-0.2, -0.15) is 0 Å². The van der Waals surface area contributed by atoms with Crippen LogP contribution in [0.25, 0.3) is 0 Å². The summed E-state index contributed by atoms with van der Waals surface area (Å²) in [7, 11) is 0. The first kappa shape index (κ1) is 13.4. The molecular formula is C14H20N2OS. The molecule has 0 bridgehead atoms. The standard InChI is InChI=1S/C14H20N2OS/c1-18-14-12(7-4-9-16-14)13(17)15-10-8-11-5-2-3-6-11/h4,7,9,11H,2-3,5-6,8,10H2,1H3,(H,15,17). The molecule has 1 heterocycles. The van der Waals surface area contributed by atoms with Crippen LogP contribution in [-0.2, 0) is 0 Å². The summed E-state index contributed by atoms with van der Waals surface area (Å²) in [5.41, 5.74) is 0.691. The lowest BCUT2D eigenvalue weighted by Crippen LogP contribution is -2.26. The van der Waals surface area contributed by atoms with Crippen molar-refractivity contribution in [3.63, 3.8) is 0 Å². The molecule has 0 aromatic carbocycles. The minimum absolute atomic E-state index is 0.00504. The van der Waals surface area contributed by atoms with Gasteiger partial charge in [0.15, 0.2) is 0 Å². The van der Waals surface area contributed by atoms with E-state index in [1.165, 1.54) is 37.4 Å². The first-order valence-corrected chi connectivity index (χ1v) is 7.81. The molecule has 18 heavy (non-hydrogen) atoms. The molecule has 1 saturated carbocycles. The smallest absolute Gasteiger partial charge is 0.254 e. The van der Waals surface area contributed by atoms with Crippen LogP contribution in [0.4, 0.5) is 0 Å². The summed E-state index contributed by atoms with van der Waals surface area (Å²) < 4.78 is 0. The summed E-state index contributed by atoms with van der Waals surface area (Å²) in [4.78, 5) is 16.2. The van der Waals surface area contributed by atoms with Crippen molar-refractivity contribution < 1.29 is 4.79 Å². The van der Waals surface area contributed by atoms with E-state index in [2.05, 4.69) is 10.3 Å². The zero-order valence-electron chi connectivity index (χ0n) is 10.8. The second-order valence-electron chi connectivity index (χ2n) is 4.76. The third-order valence-electron chi connectivity index (χ3n) is 3.52. The molecule has 1 aliphatic carbocycles. The van der Waals surface area contributed by atoms with Crippen molar-refractivity contribution in [2.24, 2.45) is 5.92 Å². The van der Waals surface area contributed by atoms with E-state index in [4.69, 9.17) is 0 Å². The Hall–Kier alpha value is -1.03. The first-order valence-electron chi connectivity index (χ1n) is 6.58. The van der Waals surface area contributed by atoms with Crippen LogP contribution in [0.5, 0.6) is 0 Å². The predicted molar refractivity (Wildman–Crippen MR) is 74.9 cm³/mol. The normalized spacial score (nSPS) is 15.8. The van der Waals surface area contributed by atoms with Crippen LogP contribution in [0.2, 0.25) is 0 Å². The number of hydrogen-bond acceptors (Lipinski definition) is 3. The van der Waals surface area contributed by atoms with Crippen molar-refractivity contribution in [2.75, 3.05) is 12.8 Å². The van der Waals surface area contributed by atoms with Crippen molar-refractivity contribution in [1.82, 2.24) is 10.3 Å². The Morgan fingerprint density at radius 3 is 3.00 bits per heavy atom. The van der Waals surface area contributed by atoms with E-state index in [9.17, 15) is 4.79 Å². The average Bonchev–Trinajstić information content (AvgIpc) is 2.91. The molecule has 2 rings (SSSR count). The lowest BCUT2D eigenvalue weighted by Gasteiger charge is -2.10. The van der Waals surface area contributed by atoms with Crippen LogP contribution in [0.3, 0.4) is 0 Å². The topological polar surface area (TPSA) is 42.0 Å². The van der Waals surface area contributed by atoms with E-state index < -0.39 is 0 Å². The maximum absolute atomic E-state index is 12.0. The maximum Gasteiger partial charge on any atom is 0.254 e. The maximum atomic E-state index is 12.0. The molecule has 0 radical (unpaired) electrons. The van der Waals surface area contributed by atoms with Gasteiger partial charge in [0, 0.05) is 12.7 Å². The molecular weight excluding hydrogens is 244 g/mol. The molecule has 4 heteroatoms. The van der Waals surface area contributed by atoms with Crippen LogP contribution < -0.4 is 5.32 Å². The van der Waals surface area contributed by atoms with Gasteiger partial charge in [-0.05, 0) is 30.7 Å². The van der Waals surface area contributed by atoms with Crippen LogP contribution in [-0.4, -0.2) is 23.7 Å². The lowest BCUT2D eigenvalue weighted by molar-refractivity contribution is 0.0948. The van der Waals surface area contributed by atoms with Gasteiger partial charge in [-0.25, -0.2) is 4.98 Å². The molecule has 1 aromatic heterocycles. The Kier molecular flexibility index (Phi) is 5.05. The number of hydrogen-bond donors (Lipinski definition) is 1. The van der Waals surface area contributed by atoms with Gasteiger partial charge >= 0.3 is 0 Å². The number of thioether (sulfide) groups is 1. The quantitative estimate of drug-likeness (QED) is 0.831. The van der Waals surface area contributed by atoms with Crippen molar-refractivity contribution >= 4 is 17.7 Å². The highest BCUT2D eigenvalue weighted by Crippen LogP contribution is 2.27. The monoisotopic (exact) mass is 264 g/mol. The van der Waals surface area contributed by atoms with Gasteiger partial charge in [0.25, 0.3) is 5.91 Å². The molecule has 3 nitrogen and oxygen atoms in total. The molecule has 1 fully saturated rings. The van der Waals surface area contributed by atoms with Gasteiger partial charge in [-0.15, -0.1) is 11.8 Å². The molecule has 1 amide bonds. The van der Waals surface area contributed by atoms with Gasteiger partial charge in [0.2, 0.25) is 0 Å². The van der Waals surface area contributed by atoms with Gasteiger partial charge in [0.1, 0.15) is 5.03 Å². The number of carbonyl (C=O) groups is 1. The van der Waals surface area contributed by atoms with Crippen molar-refractivity contribution in [3.05, 3.63) is 23.9 Å². The largest absolute Gasteiger partial charge is 0.352 e. The van der Waals surface area contributed by atoms with Crippen LogP contribution >= 0.6 is 11.8 Å². The van der Waals surface area contributed by atoms with E-state index >= 15 is 0 Å². The van der Waals surface area contributed by atoms with Gasteiger partial charge in [-0.3, -0.25) is 4.79 Å². The Morgan fingerprint density at radius 1 is 1.50 bits per heavy atom. The highest BCUT2D eigenvalue weighted by molar-refractivity contribution is 7.98. The first-order chi connectivity index (χ1) is 8.81. The molecule has 1 aliphatic rings. The summed E-state index contributed by atoms with van der Waals surface area (Å²) in [5, 5.41) is 3.81. The van der Waals surface area contributed by atoms with Crippen molar-refractivity contribution in [1.29, 1.82) is 0 Å². The van der Waals surface area contributed by atoms with Gasteiger partial charge < -0.3 is 5.32 Å². The summed E-state index contributed by atoms with van der Waals surface area (Å²) >= 11 is 1.51.